The van der Waals surface area contributed by atoms with Crippen molar-refractivity contribution in [1.82, 2.24) is 24.2 Å². The van der Waals surface area contributed by atoms with Crippen molar-refractivity contribution in [3.05, 3.63) is 69.4 Å². The van der Waals surface area contributed by atoms with Gasteiger partial charge in [0.2, 0.25) is 0 Å². The molecule has 2 atom stereocenters. The summed E-state index contributed by atoms with van der Waals surface area (Å²) in [6.45, 7) is 5.04. The summed E-state index contributed by atoms with van der Waals surface area (Å²) in [6.07, 6.45) is 10.1. The number of aromatic nitrogens is 2. The Labute approximate surface area is 273 Å². The van der Waals surface area contributed by atoms with Gasteiger partial charge in [0.05, 0.1) is 47.4 Å². The van der Waals surface area contributed by atoms with E-state index < -0.39 is 17.4 Å². The lowest BCUT2D eigenvalue weighted by molar-refractivity contribution is -0.984. The van der Waals surface area contributed by atoms with Gasteiger partial charge in [-0.05, 0) is 118 Å². The molecule has 1 aromatic carbocycles. The van der Waals surface area contributed by atoms with Crippen molar-refractivity contribution in [2.24, 2.45) is 11.3 Å². The smallest absolute Gasteiger partial charge is 0.298 e. The first-order valence-electron chi connectivity index (χ1n) is 17.5. The summed E-state index contributed by atoms with van der Waals surface area (Å²) in [5.41, 5.74) is 5.03. The van der Waals surface area contributed by atoms with E-state index in [-0.39, 0.29) is 17.6 Å². The maximum absolute atomic E-state index is 14.5. The van der Waals surface area contributed by atoms with Gasteiger partial charge in [-0.2, -0.15) is 23.9 Å². The number of pyridine rings is 1. The third-order valence-corrected chi connectivity index (χ3v) is 12.2. The van der Waals surface area contributed by atoms with Crippen LogP contribution in [0, 0.1) is 22.7 Å². The first kappa shape index (κ1) is 31.1. The number of imidazole rings is 1. The van der Waals surface area contributed by atoms with E-state index >= 15 is 0 Å². The Morgan fingerprint density at radius 3 is 2.45 bits per heavy atom. The molecule has 2 aliphatic carbocycles. The Morgan fingerprint density at radius 1 is 1.04 bits per heavy atom. The Kier molecular flexibility index (Phi) is 7.59. The maximum atomic E-state index is 14.5. The highest BCUT2D eigenvalue weighted by Crippen LogP contribution is 2.53. The van der Waals surface area contributed by atoms with Gasteiger partial charge < -0.3 is 0 Å². The predicted molar refractivity (Wildman–Crippen MR) is 172 cm³/mol. The van der Waals surface area contributed by atoms with E-state index in [9.17, 15) is 23.2 Å². The van der Waals surface area contributed by atoms with Crippen LogP contribution in [0.3, 0.4) is 0 Å². The van der Waals surface area contributed by atoms with Crippen molar-refractivity contribution in [3.63, 3.8) is 0 Å². The van der Waals surface area contributed by atoms with Crippen LogP contribution < -0.4 is 11.1 Å². The molecule has 0 bridgehead atoms. The molecule has 2 aromatic heterocycles. The molecule has 8 nitrogen and oxygen atoms in total. The number of likely N-dealkylation sites (tertiary alicyclic amines) is 1. The van der Waals surface area contributed by atoms with Crippen LogP contribution in [0.2, 0.25) is 0 Å². The minimum absolute atomic E-state index is 0.120. The van der Waals surface area contributed by atoms with Crippen molar-refractivity contribution < 1.29 is 17.8 Å². The summed E-state index contributed by atoms with van der Waals surface area (Å²) < 4.78 is 46.9. The van der Waals surface area contributed by atoms with Crippen LogP contribution >= 0.6 is 0 Å². The van der Waals surface area contributed by atoms with Crippen molar-refractivity contribution in [3.8, 4) is 11.8 Å². The Morgan fingerprint density at radius 2 is 1.81 bits per heavy atom. The molecule has 5 heterocycles. The highest BCUT2D eigenvalue weighted by molar-refractivity contribution is 5.58. The molecule has 5 fully saturated rings. The van der Waals surface area contributed by atoms with Crippen molar-refractivity contribution >= 4 is 5.52 Å². The fourth-order valence-electron chi connectivity index (χ4n) is 9.34. The number of nitrogens with zero attached hydrogens (tertiary/aromatic N) is 6. The van der Waals surface area contributed by atoms with Gasteiger partial charge in [-0.15, -0.1) is 0 Å². The monoisotopic (exact) mass is 648 g/mol. The van der Waals surface area contributed by atoms with Crippen LogP contribution in [0.5, 0.6) is 0 Å². The summed E-state index contributed by atoms with van der Waals surface area (Å²) in [5.74, 6) is 0.557. The number of halogens is 3. The van der Waals surface area contributed by atoms with Gasteiger partial charge in [0.1, 0.15) is 6.67 Å². The quantitative estimate of drug-likeness (QED) is 0.334. The molecule has 11 heteroatoms. The lowest BCUT2D eigenvalue weighted by Crippen LogP contribution is -2.63. The fourth-order valence-corrected chi connectivity index (χ4v) is 9.34. The first-order valence-corrected chi connectivity index (χ1v) is 17.5. The average Bonchev–Trinajstić information content (AvgIpc) is 3.51. The van der Waals surface area contributed by atoms with E-state index in [1.807, 2.05) is 12.1 Å². The van der Waals surface area contributed by atoms with Crippen LogP contribution in [0.25, 0.3) is 11.2 Å². The van der Waals surface area contributed by atoms with E-state index in [1.54, 1.807) is 12.3 Å². The minimum atomic E-state index is -4.62. The molecule has 250 valence electrons. The van der Waals surface area contributed by atoms with E-state index in [0.29, 0.717) is 34.7 Å². The number of nitrogens with one attached hydrogen (secondary N) is 1. The molecular formula is C36H45F3N7O+. The zero-order valence-electron chi connectivity index (χ0n) is 27.2. The van der Waals surface area contributed by atoms with Crippen LogP contribution in [0.1, 0.15) is 92.4 Å². The summed E-state index contributed by atoms with van der Waals surface area (Å²) in [4.78, 5) is 18.6. The molecule has 1 unspecified atom stereocenters. The van der Waals surface area contributed by atoms with Crippen LogP contribution in [0.15, 0.2) is 41.5 Å². The van der Waals surface area contributed by atoms with Gasteiger partial charge >= 0.3 is 11.9 Å². The van der Waals surface area contributed by atoms with Gasteiger partial charge in [0, 0.05) is 25.5 Å². The van der Waals surface area contributed by atoms with Gasteiger partial charge in [0.25, 0.3) is 0 Å². The highest BCUT2D eigenvalue weighted by Gasteiger charge is 2.53. The summed E-state index contributed by atoms with van der Waals surface area (Å²) >= 11 is 0. The number of nitriles is 1. The lowest BCUT2D eigenvalue weighted by Gasteiger charge is -2.46. The highest BCUT2D eigenvalue weighted by atomic mass is 19.4. The normalized spacial score (nSPS) is 25.3. The Bertz CT molecular complexity index is 1770. The number of hydrogen-bond acceptors (Lipinski definition) is 5. The summed E-state index contributed by atoms with van der Waals surface area (Å²) in [7, 11) is 2.17. The number of likely N-dealkylation sites (N-methyl/N-ethyl adjacent to an activating group) is 1. The van der Waals surface area contributed by atoms with Crippen molar-refractivity contribution in [2.45, 2.75) is 89.0 Å². The SMILES string of the molecule is CN1CN[N+]2(CCCCCC2)C1[C@H](c1cc(C#N)cc(-n2cc3c(C(F)(F)F)cc(CN4CCC5(CC5)C4)cn3c2=O)c1)C1CCC1. The molecular weight excluding hydrogens is 603 g/mol. The molecule has 2 saturated carbocycles. The van der Waals surface area contributed by atoms with Crippen molar-refractivity contribution in [1.29, 1.82) is 5.26 Å². The molecule has 3 aromatic rings. The summed E-state index contributed by atoms with van der Waals surface area (Å²) in [5, 5.41) is 10.2. The number of alkyl halides is 3. The molecule has 3 saturated heterocycles. The van der Waals surface area contributed by atoms with Gasteiger partial charge in [-0.3, -0.25) is 13.9 Å². The van der Waals surface area contributed by atoms with E-state index in [4.69, 9.17) is 0 Å². The van der Waals surface area contributed by atoms with E-state index in [0.717, 1.165) is 79.5 Å². The zero-order valence-corrected chi connectivity index (χ0v) is 27.2. The lowest BCUT2D eigenvalue weighted by atomic mass is 9.70. The largest absolute Gasteiger partial charge is 0.418 e. The third-order valence-electron chi connectivity index (χ3n) is 12.2. The molecule has 1 N–H and O–H groups in total. The van der Waals surface area contributed by atoms with Gasteiger partial charge in [0.15, 0.2) is 6.17 Å². The topological polar surface area (TPSA) is 68.7 Å². The van der Waals surface area contributed by atoms with E-state index in [2.05, 4.69) is 28.3 Å². The molecule has 0 radical (unpaired) electrons. The standard InChI is InChI=1S/C36H45F3N7O/c1-42-24-41-46(13-4-2-3-5-14-46)33(42)32(27-7-6-8-27)28-15-25(19-40)16-29(18-28)44-22-31-30(36(37,38)39)17-26(21-45(31)34(44)47)20-43-12-11-35(23-43)9-10-35/h15-18,21-22,27,32-33,41H,2-14,20,23-24H2,1H3/q+1/t32-,33?/m0/s1. The Hall–Kier alpha value is -3.17. The average molecular weight is 649 g/mol. The zero-order chi connectivity index (χ0) is 32.6. The second-order valence-corrected chi connectivity index (χ2v) is 15.3. The number of rotatable bonds is 6. The minimum Gasteiger partial charge on any atom is -0.298 e. The van der Waals surface area contributed by atoms with Gasteiger partial charge in [-0.25, -0.2) is 14.3 Å². The second kappa shape index (κ2) is 11.5. The predicted octanol–water partition coefficient (Wildman–Crippen LogP) is 5.97. The molecule has 2 spiro atoms. The molecule has 47 heavy (non-hydrogen) atoms. The van der Waals surface area contributed by atoms with Crippen LogP contribution in [-0.2, 0) is 12.7 Å². The van der Waals surface area contributed by atoms with E-state index in [1.165, 1.54) is 48.9 Å². The van der Waals surface area contributed by atoms with Crippen LogP contribution in [0.4, 0.5) is 13.2 Å². The number of hydrogen-bond donors (Lipinski definition) is 1. The molecule has 3 aliphatic heterocycles. The number of quaternary nitrogens is 1. The Balaban J connectivity index is 1.22. The first-order chi connectivity index (χ1) is 22.6. The number of fused-ring (bicyclic) bond motifs is 1. The third kappa shape index (κ3) is 5.51. The van der Waals surface area contributed by atoms with Crippen molar-refractivity contribution in [2.75, 3.05) is 39.9 Å². The fraction of sp³-hybridized carbons (Fsp3) is 0.611. The van der Waals surface area contributed by atoms with Gasteiger partial charge in [-0.1, -0.05) is 6.42 Å². The molecule has 5 aliphatic rings. The second-order valence-electron chi connectivity index (χ2n) is 15.3. The van der Waals surface area contributed by atoms with Crippen LogP contribution in [-0.4, -0.2) is 69.4 Å². The molecule has 8 rings (SSSR count). The maximum Gasteiger partial charge on any atom is 0.418 e. The summed E-state index contributed by atoms with van der Waals surface area (Å²) in [6, 6.07) is 9.08. The number of benzene rings is 1. The molecule has 0 amide bonds.